The molecule has 0 bridgehead atoms. The molecule has 0 saturated heterocycles. The number of fused-ring (bicyclic) bond motifs is 1. The zero-order valence-electron chi connectivity index (χ0n) is 20.0. The van der Waals surface area contributed by atoms with Gasteiger partial charge in [-0.2, -0.15) is 0 Å². The molecule has 36 heavy (non-hydrogen) atoms. The number of aliphatic carboxylic acids is 1. The van der Waals surface area contributed by atoms with Crippen molar-refractivity contribution in [2.75, 3.05) is 18.4 Å². The molecular weight excluding hydrogens is 462 g/mol. The number of hydroxylamine groups is 2. The lowest BCUT2D eigenvalue weighted by Gasteiger charge is -2.14. The molecular formula is C27H31N3O6. The van der Waals surface area contributed by atoms with E-state index in [2.05, 4.69) is 10.6 Å². The minimum absolute atomic E-state index is 0.160. The molecule has 0 aliphatic rings. The summed E-state index contributed by atoms with van der Waals surface area (Å²) in [5.41, 5.74) is 2.66. The van der Waals surface area contributed by atoms with Gasteiger partial charge in [-0.25, -0.2) is 9.86 Å². The van der Waals surface area contributed by atoms with E-state index in [-0.39, 0.29) is 26.0 Å². The molecule has 3 aromatic carbocycles. The zero-order valence-corrected chi connectivity index (χ0v) is 20.0. The number of hydrogen-bond donors (Lipinski definition) is 4. The topological polar surface area (TPSA) is 128 Å². The fourth-order valence-corrected chi connectivity index (χ4v) is 3.59. The van der Waals surface area contributed by atoms with Crippen molar-refractivity contribution in [2.24, 2.45) is 0 Å². The first-order valence-corrected chi connectivity index (χ1v) is 11.8. The third-order valence-electron chi connectivity index (χ3n) is 5.56. The van der Waals surface area contributed by atoms with Crippen molar-refractivity contribution in [3.8, 4) is 0 Å². The van der Waals surface area contributed by atoms with Gasteiger partial charge in [-0.3, -0.25) is 20.1 Å². The lowest BCUT2D eigenvalue weighted by molar-refractivity contribution is -0.166. The Bertz CT molecular complexity index is 1160. The van der Waals surface area contributed by atoms with E-state index < -0.39 is 18.0 Å². The van der Waals surface area contributed by atoms with Crippen LogP contribution in [0, 0.1) is 0 Å². The van der Waals surface area contributed by atoms with Crippen LogP contribution in [0.3, 0.4) is 0 Å². The summed E-state index contributed by atoms with van der Waals surface area (Å²) >= 11 is 0. The Hall–Kier alpha value is -3.95. The fourth-order valence-electron chi connectivity index (χ4n) is 3.59. The number of amides is 2. The van der Waals surface area contributed by atoms with Crippen LogP contribution in [0.1, 0.15) is 36.8 Å². The predicted octanol–water partition coefficient (Wildman–Crippen LogP) is 4.54. The van der Waals surface area contributed by atoms with Gasteiger partial charge in [-0.05, 0) is 42.0 Å². The Balaban J connectivity index is 1.31. The smallest absolute Gasteiger partial charge is 0.411 e. The molecule has 0 aliphatic heterocycles. The van der Waals surface area contributed by atoms with Crippen molar-refractivity contribution < 1.29 is 29.4 Å². The summed E-state index contributed by atoms with van der Waals surface area (Å²) in [6.07, 6.45) is 0.336. The number of benzene rings is 3. The molecule has 190 valence electrons. The standard InChI is InChI=1S/C27H31N3O6/c31-25(14-15-26(32)33)30(35)17-4-3-16-28-18-20-10-12-21(13-11-20)19-36-27(34)29-24-9-5-7-22-6-1-2-8-23(22)24/h1-2,5-13,28,35H,3-4,14-19H2,(H,29,34)(H,32,33). The molecule has 0 saturated carbocycles. The number of carboxylic acid groups (broad SMARTS) is 1. The second-order valence-electron chi connectivity index (χ2n) is 8.34. The Morgan fingerprint density at radius 1 is 0.861 bits per heavy atom. The largest absolute Gasteiger partial charge is 0.481 e. The van der Waals surface area contributed by atoms with Gasteiger partial charge in [0, 0.05) is 24.9 Å². The minimum Gasteiger partial charge on any atom is -0.481 e. The lowest BCUT2D eigenvalue weighted by atomic mass is 10.1. The SMILES string of the molecule is O=C(O)CCC(=O)N(O)CCCCNCc1ccc(COC(=O)Nc2cccc3ccccc23)cc1. The van der Waals surface area contributed by atoms with Crippen LogP contribution in [0.15, 0.2) is 66.7 Å². The maximum absolute atomic E-state index is 12.3. The number of carbonyl (C=O) groups excluding carboxylic acids is 2. The fraction of sp³-hybridized carbons (Fsp3) is 0.296. The summed E-state index contributed by atoms with van der Waals surface area (Å²) in [5, 5.41) is 26.9. The molecule has 0 atom stereocenters. The molecule has 0 fully saturated rings. The van der Waals surface area contributed by atoms with Gasteiger partial charge in [-0.1, -0.05) is 60.7 Å². The Morgan fingerprint density at radius 3 is 2.36 bits per heavy atom. The van der Waals surface area contributed by atoms with Crippen LogP contribution in [0.25, 0.3) is 10.8 Å². The molecule has 0 unspecified atom stereocenters. The number of carboxylic acids is 1. The number of carbonyl (C=O) groups is 3. The third-order valence-corrected chi connectivity index (χ3v) is 5.56. The monoisotopic (exact) mass is 493 g/mol. The number of nitrogens with zero attached hydrogens (tertiary/aromatic N) is 1. The van der Waals surface area contributed by atoms with Gasteiger partial charge in [-0.15, -0.1) is 0 Å². The number of anilines is 1. The highest BCUT2D eigenvalue weighted by Gasteiger charge is 2.12. The van der Waals surface area contributed by atoms with Crippen molar-refractivity contribution in [1.82, 2.24) is 10.4 Å². The van der Waals surface area contributed by atoms with E-state index in [1.54, 1.807) is 0 Å². The van der Waals surface area contributed by atoms with Crippen LogP contribution >= 0.6 is 0 Å². The average Bonchev–Trinajstić information content (AvgIpc) is 2.88. The van der Waals surface area contributed by atoms with E-state index in [1.165, 1.54) is 0 Å². The first-order valence-electron chi connectivity index (χ1n) is 11.8. The maximum Gasteiger partial charge on any atom is 0.411 e. The molecule has 4 N–H and O–H groups in total. The third kappa shape index (κ3) is 8.68. The number of ether oxygens (including phenoxy) is 1. The van der Waals surface area contributed by atoms with Crippen molar-refractivity contribution in [3.63, 3.8) is 0 Å². The Morgan fingerprint density at radius 2 is 1.58 bits per heavy atom. The van der Waals surface area contributed by atoms with Gasteiger partial charge >= 0.3 is 12.1 Å². The first kappa shape index (κ1) is 26.7. The second-order valence-corrected chi connectivity index (χ2v) is 8.34. The lowest BCUT2D eigenvalue weighted by Crippen LogP contribution is -2.29. The molecule has 9 nitrogen and oxygen atoms in total. The van der Waals surface area contributed by atoms with E-state index in [9.17, 15) is 19.6 Å². The van der Waals surface area contributed by atoms with Gasteiger partial charge in [0.2, 0.25) is 5.91 Å². The van der Waals surface area contributed by atoms with E-state index >= 15 is 0 Å². The molecule has 0 aliphatic carbocycles. The normalized spacial score (nSPS) is 10.7. The summed E-state index contributed by atoms with van der Waals surface area (Å²) in [6.45, 7) is 1.69. The molecule has 2 amide bonds. The van der Waals surface area contributed by atoms with Crippen LogP contribution in [0.4, 0.5) is 10.5 Å². The molecule has 0 aromatic heterocycles. The second kappa shape index (κ2) is 13.8. The molecule has 0 radical (unpaired) electrons. The van der Waals surface area contributed by atoms with E-state index in [1.807, 2.05) is 66.7 Å². The number of rotatable bonds is 13. The number of nitrogens with one attached hydrogen (secondary N) is 2. The highest BCUT2D eigenvalue weighted by molar-refractivity contribution is 6.00. The molecule has 3 aromatic rings. The van der Waals surface area contributed by atoms with Gasteiger partial charge in [0.05, 0.1) is 12.1 Å². The quantitative estimate of drug-likeness (QED) is 0.156. The molecule has 3 rings (SSSR count). The van der Waals surface area contributed by atoms with Gasteiger partial charge in [0.15, 0.2) is 0 Å². The average molecular weight is 494 g/mol. The predicted molar refractivity (Wildman–Crippen MR) is 136 cm³/mol. The summed E-state index contributed by atoms with van der Waals surface area (Å²) < 4.78 is 5.37. The molecule has 0 spiro atoms. The first-order chi connectivity index (χ1) is 17.4. The van der Waals surface area contributed by atoms with Gasteiger partial charge in [0.1, 0.15) is 6.61 Å². The van der Waals surface area contributed by atoms with Crippen molar-refractivity contribution in [3.05, 3.63) is 77.9 Å². The summed E-state index contributed by atoms with van der Waals surface area (Å²) in [5.74, 6) is -1.65. The van der Waals surface area contributed by atoms with Crippen LogP contribution < -0.4 is 10.6 Å². The highest BCUT2D eigenvalue weighted by Crippen LogP contribution is 2.23. The molecule has 0 heterocycles. The Labute approximate surface area is 209 Å². The summed E-state index contributed by atoms with van der Waals surface area (Å²) in [7, 11) is 0. The van der Waals surface area contributed by atoms with Gasteiger partial charge < -0.3 is 15.2 Å². The van der Waals surface area contributed by atoms with Crippen molar-refractivity contribution in [2.45, 2.75) is 38.8 Å². The highest BCUT2D eigenvalue weighted by atomic mass is 16.5. The minimum atomic E-state index is -1.07. The summed E-state index contributed by atoms with van der Waals surface area (Å²) in [6, 6.07) is 21.3. The Kier molecular flexibility index (Phi) is 10.2. The van der Waals surface area contributed by atoms with Crippen LogP contribution in [-0.2, 0) is 27.5 Å². The van der Waals surface area contributed by atoms with E-state index in [0.29, 0.717) is 30.3 Å². The zero-order chi connectivity index (χ0) is 25.8. The number of hydrogen-bond acceptors (Lipinski definition) is 6. The molecule has 9 heteroatoms. The van der Waals surface area contributed by atoms with Crippen LogP contribution in [0.5, 0.6) is 0 Å². The number of unbranched alkanes of at least 4 members (excludes halogenated alkanes) is 1. The van der Waals surface area contributed by atoms with Gasteiger partial charge in [0.25, 0.3) is 0 Å². The van der Waals surface area contributed by atoms with Crippen LogP contribution in [-0.4, -0.2) is 46.4 Å². The van der Waals surface area contributed by atoms with Crippen molar-refractivity contribution in [1.29, 1.82) is 0 Å². The summed E-state index contributed by atoms with van der Waals surface area (Å²) in [4.78, 5) is 34.3. The van der Waals surface area contributed by atoms with E-state index in [0.717, 1.165) is 28.3 Å². The van der Waals surface area contributed by atoms with E-state index in [4.69, 9.17) is 9.84 Å². The van der Waals surface area contributed by atoms with Crippen LogP contribution in [0.2, 0.25) is 0 Å². The maximum atomic E-state index is 12.3. The van der Waals surface area contributed by atoms with Crippen molar-refractivity contribution >= 4 is 34.4 Å².